The highest BCUT2D eigenvalue weighted by Crippen LogP contribution is 2.57. The molecule has 3 aliphatic rings. The van der Waals surface area contributed by atoms with E-state index >= 15 is 0 Å². The number of esters is 2. The summed E-state index contributed by atoms with van der Waals surface area (Å²) in [6.07, 6.45) is 2.04. The largest absolute Gasteiger partial charge is 0.465 e. The van der Waals surface area contributed by atoms with Crippen LogP contribution in [0.4, 0.5) is 0 Å². The second-order valence-electron chi connectivity index (χ2n) is 4.87. The van der Waals surface area contributed by atoms with Crippen LogP contribution in [-0.2, 0) is 19.1 Å². The maximum absolute atomic E-state index is 11.4. The van der Waals surface area contributed by atoms with Gasteiger partial charge in [0.2, 0.25) is 0 Å². The smallest absolute Gasteiger partial charge is 0.309 e. The molecular formula is C11H14O4. The van der Waals surface area contributed by atoms with Gasteiger partial charge < -0.3 is 9.47 Å². The van der Waals surface area contributed by atoms with Gasteiger partial charge in [-0.2, -0.15) is 0 Å². The van der Waals surface area contributed by atoms with Crippen LogP contribution in [0.2, 0.25) is 0 Å². The zero-order valence-corrected chi connectivity index (χ0v) is 8.64. The first-order valence-electron chi connectivity index (χ1n) is 5.50. The Hall–Kier alpha value is -1.06. The van der Waals surface area contributed by atoms with Crippen molar-refractivity contribution >= 4 is 11.9 Å². The number of fused-ring (bicyclic) bond motifs is 1. The number of rotatable bonds is 2. The van der Waals surface area contributed by atoms with Gasteiger partial charge >= 0.3 is 11.9 Å². The fraction of sp³-hybridized carbons (Fsp3) is 0.818. The molecule has 0 amide bonds. The number of hydrogen-bond donors (Lipinski definition) is 0. The molecule has 2 bridgehead atoms. The van der Waals surface area contributed by atoms with Gasteiger partial charge in [0.15, 0.2) is 0 Å². The summed E-state index contributed by atoms with van der Waals surface area (Å²) in [7, 11) is 0. The minimum absolute atomic E-state index is 0.0283. The van der Waals surface area contributed by atoms with Gasteiger partial charge in [0.25, 0.3) is 0 Å². The Labute approximate surface area is 87.9 Å². The lowest BCUT2D eigenvalue weighted by molar-refractivity contribution is -0.147. The molecule has 4 heteroatoms. The molecule has 1 saturated heterocycles. The Bertz CT molecular complexity index is 325. The van der Waals surface area contributed by atoms with Crippen LogP contribution in [0.3, 0.4) is 0 Å². The van der Waals surface area contributed by atoms with Gasteiger partial charge in [-0.3, -0.25) is 9.59 Å². The van der Waals surface area contributed by atoms with Crippen LogP contribution in [0.1, 0.15) is 19.8 Å². The Morgan fingerprint density at radius 3 is 3.07 bits per heavy atom. The van der Waals surface area contributed by atoms with E-state index in [0.29, 0.717) is 18.4 Å². The van der Waals surface area contributed by atoms with Crippen molar-refractivity contribution in [2.24, 2.45) is 23.7 Å². The number of ether oxygens (including phenoxy) is 2. The minimum Gasteiger partial charge on any atom is -0.465 e. The molecule has 5 atom stereocenters. The number of carbonyl (C=O) groups excluding carboxylic acids is 2. The molecule has 4 nitrogen and oxygen atoms in total. The van der Waals surface area contributed by atoms with E-state index in [1.54, 1.807) is 0 Å². The molecule has 0 spiro atoms. The predicted molar refractivity (Wildman–Crippen MR) is 49.7 cm³/mol. The van der Waals surface area contributed by atoms with E-state index in [2.05, 4.69) is 0 Å². The topological polar surface area (TPSA) is 52.6 Å². The van der Waals surface area contributed by atoms with Crippen molar-refractivity contribution in [1.82, 2.24) is 0 Å². The first-order valence-corrected chi connectivity index (χ1v) is 5.50. The Kier molecular flexibility index (Phi) is 1.82. The van der Waals surface area contributed by atoms with Gasteiger partial charge in [0.1, 0.15) is 6.10 Å². The van der Waals surface area contributed by atoms with Crippen LogP contribution < -0.4 is 0 Å². The summed E-state index contributed by atoms with van der Waals surface area (Å²) in [5.41, 5.74) is 0. The number of hydrogen-bond acceptors (Lipinski definition) is 4. The third kappa shape index (κ3) is 1.20. The molecule has 3 fully saturated rings. The second-order valence-corrected chi connectivity index (χ2v) is 4.87. The van der Waals surface area contributed by atoms with Crippen molar-refractivity contribution in [3.05, 3.63) is 0 Å². The van der Waals surface area contributed by atoms with Gasteiger partial charge in [-0.25, -0.2) is 0 Å². The van der Waals surface area contributed by atoms with Gasteiger partial charge in [0, 0.05) is 18.8 Å². The Morgan fingerprint density at radius 1 is 1.53 bits per heavy atom. The van der Waals surface area contributed by atoms with E-state index in [0.717, 1.165) is 12.8 Å². The third-order valence-electron chi connectivity index (χ3n) is 4.13. The summed E-state index contributed by atoms with van der Waals surface area (Å²) in [5, 5.41) is 0. The van der Waals surface area contributed by atoms with Crippen molar-refractivity contribution in [2.75, 3.05) is 6.61 Å². The SMILES string of the molecule is CC(=O)OCC1C2CC3C(=O)OC1C3C2. The zero-order valence-electron chi connectivity index (χ0n) is 8.64. The Balaban J connectivity index is 1.72. The molecule has 2 saturated carbocycles. The number of carbonyl (C=O) groups is 2. The average molecular weight is 210 g/mol. The highest BCUT2D eigenvalue weighted by molar-refractivity contribution is 5.76. The fourth-order valence-electron chi connectivity index (χ4n) is 3.52. The van der Waals surface area contributed by atoms with Crippen molar-refractivity contribution in [3.8, 4) is 0 Å². The molecule has 2 aliphatic carbocycles. The molecule has 0 N–H and O–H groups in total. The molecular weight excluding hydrogens is 196 g/mol. The average Bonchev–Trinajstić information content (AvgIpc) is 2.75. The minimum atomic E-state index is -0.251. The molecule has 1 heterocycles. The summed E-state index contributed by atoms with van der Waals surface area (Å²) in [6.45, 7) is 1.83. The van der Waals surface area contributed by atoms with E-state index in [1.165, 1.54) is 6.92 Å². The highest BCUT2D eigenvalue weighted by Gasteiger charge is 2.61. The van der Waals surface area contributed by atoms with Crippen LogP contribution in [0.15, 0.2) is 0 Å². The first-order chi connectivity index (χ1) is 7.16. The van der Waals surface area contributed by atoms with Crippen molar-refractivity contribution < 1.29 is 19.1 Å². The van der Waals surface area contributed by atoms with E-state index in [9.17, 15) is 9.59 Å². The van der Waals surface area contributed by atoms with Crippen molar-refractivity contribution in [3.63, 3.8) is 0 Å². The van der Waals surface area contributed by atoms with E-state index in [1.807, 2.05) is 0 Å². The van der Waals surface area contributed by atoms with Crippen LogP contribution in [0, 0.1) is 23.7 Å². The van der Waals surface area contributed by atoms with Gasteiger partial charge in [0.05, 0.1) is 12.5 Å². The molecule has 82 valence electrons. The lowest BCUT2D eigenvalue weighted by atomic mass is 9.83. The maximum Gasteiger partial charge on any atom is 0.309 e. The van der Waals surface area contributed by atoms with Crippen LogP contribution in [-0.4, -0.2) is 24.6 Å². The second kappa shape index (κ2) is 2.97. The van der Waals surface area contributed by atoms with Gasteiger partial charge in [-0.15, -0.1) is 0 Å². The third-order valence-corrected chi connectivity index (χ3v) is 4.13. The summed E-state index contributed by atoms with van der Waals surface area (Å²) >= 11 is 0. The first kappa shape index (κ1) is 9.19. The van der Waals surface area contributed by atoms with E-state index < -0.39 is 0 Å². The standard InChI is InChI=1S/C11H14O4/c1-5(12)14-4-9-6-2-7-8(3-6)11(13)15-10(7)9/h6-10H,2-4H2,1H3. The van der Waals surface area contributed by atoms with E-state index in [4.69, 9.17) is 9.47 Å². The highest BCUT2D eigenvalue weighted by atomic mass is 16.6. The molecule has 0 aromatic rings. The van der Waals surface area contributed by atoms with Crippen molar-refractivity contribution in [2.45, 2.75) is 25.9 Å². The maximum atomic E-state index is 11.4. The molecule has 5 unspecified atom stereocenters. The lowest BCUT2D eigenvalue weighted by Gasteiger charge is -2.24. The molecule has 0 aromatic carbocycles. The van der Waals surface area contributed by atoms with Gasteiger partial charge in [-0.05, 0) is 18.8 Å². The normalized spacial score (nSPS) is 45.7. The molecule has 0 aromatic heterocycles. The Morgan fingerprint density at radius 2 is 2.33 bits per heavy atom. The monoisotopic (exact) mass is 210 g/mol. The summed E-state index contributed by atoms with van der Waals surface area (Å²) < 4.78 is 10.4. The van der Waals surface area contributed by atoms with E-state index in [-0.39, 0.29) is 29.9 Å². The zero-order chi connectivity index (χ0) is 10.6. The molecule has 15 heavy (non-hydrogen) atoms. The van der Waals surface area contributed by atoms with Crippen LogP contribution >= 0.6 is 0 Å². The fourth-order valence-corrected chi connectivity index (χ4v) is 3.52. The van der Waals surface area contributed by atoms with Crippen molar-refractivity contribution in [1.29, 1.82) is 0 Å². The van der Waals surface area contributed by atoms with Gasteiger partial charge in [-0.1, -0.05) is 0 Å². The predicted octanol–water partition coefficient (Wildman–Crippen LogP) is 0.747. The molecule has 0 radical (unpaired) electrons. The lowest BCUT2D eigenvalue weighted by Crippen LogP contribution is -2.30. The van der Waals surface area contributed by atoms with Crippen LogP contribution in [0.5, 0.6) is 0 Å². The van der Waals surface area contributed by atoms with Crippen LogP contribution in [0.25, 0.3) is 0 Å². The quantitative estimate of drug-likeness (QED) is 0.631. The summed E-state index contributed by atoms with van der Waals surface area (Å²) in [5.74, 6) is 1.05. The molecule has 1 aliphatic heterocycles. The molecule has 3 rings (SSSR count). The summed E-state index contributed by atoms with van der Waals surface area (Å²) in [4.78, 5) is 22.2. The summed E-state index contributed by atoms with van der Waals surface area (Å²) in [6, 6.07) is 0.